The molecule has 1 aliphatic rings. The molecular formula is C28H40N2O6S. The molecule has 0 saturated heterocycles. The number of carboxylic acids is 1. The third kappa shape index (κ3) is 5.80. The lowest BCUT2D eigenvalue weighted by atomic mass is 9.83. The lowest BCUT2D eigenvalue weighted by molar-refractivity contribution is -0.146. The van der Waals surface area contributed by atoms with E-state index in [1.54, 1.807) is 25.3 Å². The van der Waals surface area contributed by atoms with Gasteiger partial charge in [0.15, 0.2) is 0 Å². The van der Waals surface area contributed by atoms with E-state index >= 15 is 0 Å². The molecule has 0 fully saturated rings. The lowest BCUT2D eigenvalue weighted by Gasteiger charge is -2.49. The summed E-state index contributed by atoms with van der Waals surface area (Å²) >= 11 is 0. The second kappa shape index (κ2) is 11.4. The van der Waals surface area contributed by atoms with Gasteiger partial charge in [0.1, 0.15) is 11.0 Å². The van der Waals surface area contributed by atoms with Gasteiger partial charge in [0.2, 0.25) is 5.91 Å². The fourth-order valence-electron chi connectivity index (χ4n) is 4.98. The minimum atomic E-state index is -3.70. The van der Waals surface area contributed by atoms with Crippen molar-refractivity contribution < 1.29 is 28.5 Å². The van der Waals surface area contributed by atoms with Gasteiger partial charge in [0.05, 0.1) is 23.5 Å². The number of ether oxygens (including phenoxy) is 1. The molecular weight excluding hydrogens is 492 g/mol. The Kier molecular flexibility index (Phi) is 8.95. The van der Waals surface area contributed by atoms with Crippen LogP contribution < -0.4 is 15.4 Å². The van der Waals surface area contributed by atoms with E-state index in [-0.39, 0.29) is 6.54 Å². The first-order chi connectivity index (χ1) is 17.4. The Morgan fingerprint density at radius 3 is 2.38 bits per heavy atom. The average molecular weight is 533 g/mol. The monoisotopic (exact) mass is 532 g/mol. The number of carboxylic acid groups (broad SMARTS) is 1. The van der Waals surface area contributed by atoms with Crippen LogP contribution in [0.3, 0.4) is 0 Å². The summed E-state index contributed by atoms with van der Waals surface area (Å²) in [5.41, 5.74) is -0.623. The fourth-order valence-corrected chi connectivity index (χ4v) is 7.39. The van der Waals surface area contributed by atoms with Gasteiger partial charge in [-0.1, -0.05) is 57.0 Å². The summed E-state index contributed by atoms with van der Waals surface area (Å²) in [5, 5.41) is 14.8. The van der Waals surface area contributed by atoms with Gasteiger partial charge < -0.3 is 15.2 Å². The zero-order chi connectivity index (χ0) is 27.4. The number of hydrogen-bond donors (Lipinski definition) is 5. The minimum Gasteiger partial charge on any atom is -0.497 e. The Morgan fingerprint density at radius 1 is 1.14 bits per heavy atom. The van der Waals surface area contributed by atoms with Gasteiger partial charge in [0, 0.05) is 17.6 Å². The van der Waals surface area contributed by atoms with E-state index in [1.807, 2.05) is 37.3 Å². The lowest BCUT2D eigenvalue weighted by Crippen LogP contribution is -2.61. The largest absolute Gasteiger partial charge is 0.497 e. The molecule has 1 unspecified atom stereocenters. The standard InChI is InChI=1S/C28H40N2O6S/c1-6-8-16-28(7-2)24(25(31)29-18-27(3,4)26(32)33)37(34,35)22-15-14-20(36-5)17-21(22)23(30-28)19-12-10-9-11-13-19/h9-15,17,23-24,30,34-35H,6-8,16,18H2,1-5H3,(H,29,31)(H,32,33)/t23-,24?,28-/m1/s1. The van der Waals surface area contributed by atoms with Gasteiger partial charge in [-0.25, -0.2) is 0 Å². The molecule has 0 spiro atoms. The number of fused-ring (bicyclic) bond motifs is 1. The van der Waals surface area contributed by atoms with Gasteiger partial charge in [-0.15, -0.1) is 0 Å². The summed E-state index contributed by atoms with van der Waals surface area (Å²) in [6, 6.07) is 14.4. The Balaban J connectivity index is 2.24. The van der Waals surface area contributed by atoms with Crippen LogP contribution in [0.4, 0.5) is 0 Å². The summed E-state index contributed by atoms with van der Waals surface area (Å²) in [7, 11) is -2.15. The van der Waals surface area contributed by atoms with Crippen LogP contribution >= 0.6 is 10.6 Å². The van der Waals surface area contributed by atoms with E-state index in [1.165, 1.54) is 13.8 Å². The first-order valence-corrected chi connectivity index (χ1v) is 14.3. The van der Waals surface area contributed by atoms with Crippen molar-refractivity contribution in [3.05, 3.63) is 59.7 Å². The SMILES string of the molecule is CCCC[C@@]1(CC)N[C@H](c2ccccc2)c2cc(OC)ccc2S(O)(O)C1C(=O)NCC(C)(C)C(=O)O. The molecule has 0 bridgehead atoms. The van der Waals surface area contributed by atoms with Gasteiger partial charge in [-0.3, -0.25) is 24.0 Å². The number of nitrogens with one attached hydrogen (secondary N) is 2. The van der Waals surface area contributed by atoms with E-state index < -0.39 is 44.7 Å². The number of carbonyl (C=O) groups excluding carboxylic acids is 1. The van der Waals surface area contributed by atoms with Gasteiger partial charge in [-0.05, 0) is 50.5 Å². The van der Waals surface area contributed by atoms with Crippen molar-refractivity contribution in [2.45, 2.75) is 75.1 Å². The zero-order valence-electron chi connectivity index (χ0n) is 22.3. The predicted octanol–water partition coefficient (Wildman–Crippen LogP) is 5.43. The third-order valence-corrected chi connectivity index (χ3v) is 9.72. The fraction of sp³-hybridized carbons (Fsp3) is 0.500. The average Bonchev–Trinajstić information content (AvgIpc) is 2.96. The molecule has 0 aliphatic carbocycles. The van der Waals surface area contributed by atoms with Crippen LogP contribution in [0.15, 0.2) is 53.4 Å². The van der Waals surface area contributed by atoms with Crippen molar-refractivity contribution in [2.75, 3.05) is 13.7 Å². The van der Waals surface area contributed by atoms with Crippen molar-refractivity contribution in [1.82, 2.24) is 10.6 Å². The number of carbonyl (C=O) groups is 2. The highest BCUT2D eigenvalue weighted by molar-refractivity contribution is 8.25. The van der Waals surface area contributed by atoms with Crippen molar-refractivity contribution in [3.8, 4) is 5.75 Å². The molecule has 204 valence electrons. The minimum absolute atomic E-state index is 0.141. The Labute approximate surface area is 221 Å². The maximum atomic E-state index is 13.9. The molecule has 1 heterocycles. The van der Waals surface area contributed by atoms with Crippen LogP contribution in [0.5, 0.6) is 5.75 Å². The van der Waals surface area contributed by atoms with E-state index in [9.17, 15) is 23.8 Å². The van der Waals surface area contributed by atoms with Crippen molar-refractivity contribution in [1.29, 1.82) is 0 Å². The summed E-state index contributed by atoms with van der Waals surface area (Å²) < 4.78 is 29.4. The number of unbranched alkanes of at least 4 members (excludes halogenated alkanes) is 1. The van der Waals surface area contributed by atoms with Crippen LogP contribution in [0.25, 0.3) is 0 Å². The number of amides is 1. The first kappa shape index (κ1) is 29.0. The van der Waals surface area contributed by atoms with Crippen LogP contribution in [-0.2, 0) is 9.59 Å². The van der Waals surface area contributed by atoms with Crippen LogP contribution in [0, 0.1) is 5.41 Å². The second-order valence-corrected chi connectivity index (χ2v) is 12.5. The molecule has 2 aromatic carbocycles. The Bertz CT molecular complexity index is 1110. The highest BCUT2D eigenvalue weighted by atomic mass is 32.3. The predicted molar refractivity (Wildman–Crippen MR) is 146 cm³/mol. The van der Waals surface area contributed by atoms with Crippen molar-refractivity contribution in [2.24, 2.45) is 5.41 Å². The van der Waals surface area contributed by atoms with Crippen LogP contribution in [0.2, 0.25) is 0 Å². The molecule has 5 N–H and O–H groups in total. The van der Waals surface area contributed by atoms with Crippen LogP contribution in [0.1, 0.15) is 70.5 Å². The molecule has 3 rings (SSSR count). The Hall–Kier alpha value is -2.59. The summed E-state index contributed by atoms with van der Waals surface area (Å²) in [6.07, 6.45) is 2.62. The topological polar surface area (TPSA) is 128 Å². The molecule has 0 aromatic heterocycles. The maximum Gasteiger partial charge on any atom is 0.310 e. The second-order valence-electron chi connectivity index (χ2n) is 10.4. The van der Waals surface area contributed by atoms with Gasteiger partial charge >= 0.3 is 5.97 Å². The van der Waals surface area contributed by atoms with E-state index in [4.69, 9.17) is 4.74 Å². The third-order valence-electron chi connectivity index (χ3n) is 7.38. The summed E-state index contributed by atoms with van der Waals surface area (Å²) in [4.78, 5) is 25.8. The van der Waals surface area contributed by atoms with Crippen LogP contribution in [-0.4, -0.2) is 50.5 Å². The highest BCUT2D eigenvalue weighted by Gasteiger charge is 2.54. The van der Waals surface area contributed by atoms with E-state index in [0.29, 0.717) is 29.1 Å². The van der Waals surface area contributed by atoms with Crippen molar-refractivity contribution >= 4 is 22.5 Å². The molecule has 2 aromatic rings. The smallest absolute Gasteiger partial charge is 0.310 e. The zero-order valence-corrected chi connectivity index (χ0v) is 23.1. The van der Waals surface area contributed by atoms with Gasteiger partial charge in [-0.2, -0.15) is 10.6 Å². The Morgan fingerprint density at radius 2 is 1.81 bits per heavy atom. The molecule has 37 heavy (non-hydrogen) atoms. The molecule has 9 heteroatoms. The molecule has 3 atom stereocenters. The molecule has 1 amide bonds. The van der Waals surface area contributed by atoms with Gasteiger partial charge in [0.25, 0.3) is 0 Å². The number of hydrogen-bond acceptors (Lipinski definition) is 6. The van der Waals surface area contributed by atoms with E-state index in [2.05, 4.69) is 17.6 Å². The molecule has 0 saturated carbocycles. The molecule has 8 nitrogen and oxygen atoms in total. The number of rotatable bonds is 10. The highest BCUT2D eigenvalue weighted by Crippen LogP contribution is 2.62. The van der Waals surface area contributed by atoms with Crippen molar-refractivity contribution in [3.63, 3.8) is 0 Å². The first-order valence-electron chi connectivity index (χ1n) is 12.7. The molecule has 1 aliphatic heterocycles. The number of benzene rings is 2. The number of aliphatic carboxylic acids is 1. The summed E-state index contributed by atoms with van der Waals surface area (Å²) in [5.74, 6) is -1.05. The summed E-state index contributed by atoms with van der Waals surface area (Å²) in [6.45, 7) is 6.90. The van der Waals surface area contributed by atoms with E-state index in [0.717, 1.165) is 18.4 Å². The normalized spacial score (nSPS) is 23.9. The number of methoxy groups -OCH3 is 1. The quantitative estimate of drug-likeness (QED) is 0.276. The molecule has 0 radical (unpaired) electrons. The maximum absolute atomic E-state index is 13.9.